The molecule has 4 heteroatoms. The fraction of sp³-hybridized carbons (Fsp3) is 0.222. The van der Waals surface area contributed by atoms with E-state index >= 15 is 0 Å². The summed E-state index contributed by atoms with van der Waals surface area (Å²) >= 11 is 0. The molecule has 0 radical (unpaired) electrons. The maximum Gasteiger partial charge on any atom is 0.0483 e. The minimum absolute atomic E-state index is 0. The molecule has 0 fully saturated rings. The summed E-state index contributed by atoms with van der Waals surface area (Å²) in [5, 5.41) is 10.5. The summed E-state index contributed by atoms with van der Waals surface area (Å²) in [5.74, 6) is 0. The molecule has 118 valence electrons. The zero-order chi connectivity index (χ0) is 13.7. The van der Waals surface area contributed by atoms with Crippen LogP contribution in [0, 0.1) is 6.07 Å². The normalized spacial score (nSPS) is 11.5. The van der Waals surface area contributed by atoms with Gasteiger partial charge in [0.1, 0.15) is 0 Å². The first kappa shape index (κ1) is 23.7. The number of aliphatic hydroxyl groups is 1. The molecule has 2 aromatic carbocycles. The van der Waals surface area contributed by atoms with Crippen LogP contribution in [-0.2, 0) is 21.7 Å². The van der Waals surface area contributed by atoms with Crippen molar-refractivity contribution >= 4 is 41.2 Å². The van der Waals surface area contributed by atoms with Crippen LogP contribution in [0.25, 0.3) is 16.3 Å². The van der Waals surface area contributed by atoms with Crippen LogP contribution in [0.3, 0.4) is 0 Å². The molecule has 1 N–H and O–H groups in total. The number of hydrogen-bond acceptors (Lipinski definition) is 1. The van der Waals surface area contributed by atoms with Crippen LogP contribution in [0.4, 0.5) is 0 Å². The van der Waals surface area contributed by atoms with Gasteiger partial charge in [-0.15, -0.1) is 65.6 Å². The molecular weight excluding hydrogens is 351 g/mol. The molecule has 0 amide bonds. The van der Waals surface area contributed by atoms with E-state index < -0.39 is 0 Å². The number of hydrogen-bond donors (Lipinski definition) is 1. The molecule has 0 heterocycles. The van der Waals surface area contributed by atoms with Crippen molar-refractivity contribution in [3.63, 3.8) is 0 Å². The zero-order valence-corrected chi connectivity index (χ0v) is 15.9. The van der Waals surface area contributed by atoms with Crippen molar-refractivity contribution in [1.29, 1.82) is 0 Å². The Kier molecular flexibility index (Phi) is 12.9. The summed E-state index contributed by atoms with van der Waals surface area (Å²) in [6.45, 7) is 3.44. The van der Waals surface area contributed by atoms with Gasteiger partial charge in [-0.05, 0) is 20.3 Å². The number of allylic oxidation sites excluding steroid dienone is 4. The quantitative estimate of drug-likeness (QED) is 0.538. The van der Waals surface area contributed by atoms with Crippen molar-refractivity contribution in [1.82, 2.24) is 0 Å². The minimum atomic E-state index is -0.167. The van der Waals surface area contributed by atoms with E-state index in [1.807, 2.05) is 0 Å². The summed E-state index contributed by atoms with van der Waals surface area (Å²) in [6.07, 6.45) is 7.33. The van der Waals surface area contributed by atoms with Crippen molar-refractivity contribution in [2.45, 2.75) is 26.4 Å². The van der Waals surface area contributed by atoms with E-state index in [-0.39, 0.29) is 52.6 Å². The van der Waals surface area contributed by atoms with Gasteiger partial charge < -0.3 is 5.11 Å². The van der Waals surface area contributed by atoms with Crippen LogP contribution < -0.4 is 0 Å². The Hall–Kier alpha value is -0.566. The van der Waals surface area contributed by atoms with Crippen molar-refractivity contribution < 1.29 is 26.8 Å². The third kappa shape index (κ3) is 7.13. The Morgan fingerprint density at radius 1 is 1.05 bits per heavy atom. The van der Waals surface area contributed by atoms with Gasteiger partial charge in [-0.25, -0.2) is 0 Å². The molecule has 22 heavy (non-hydrogen) atoms. The number of fused-ring (bicyclic) bond motifs is 1. The Balaban J connectivity index is 0. The number of halogens is 2. The largest absolute Gasteiger partial charge is 0.394 e. The van der Waals surface area contributed by atoms with Gasteiger partial charge >= 0.3 is 0 Å². The van der Waals surface area contributed by atoms with Crippen LogP contribution in [0.15, 0.2) is 54.6 Å². The van der Waals surface area contributed by atoms with E-state index in [0.717, 1.165) is 6.42 Å². The maximum atomic E-state index is 8.06. The third-order valence-corrected chi connectivity index (χ3v) is 2.78. The molecule has 0 unspecified atom stereocenters. The number of aliphatic hydroxyl groups excluding tert-OH is 1. The summed E-state index contributed by atoms with van der Waals surface area (Å²) in [7, 11) is 0. The second-order valence-corrected chi connectivity index (χ2v) is 4.88. The van der Waals surface area contributed by atoms with Gasteiger partial charge in [-0.1, -0.05) is 41.8 Å². The molecule has 1 aliphatic carbocycles. The summed E-state index contributed by atoms with van der Waals surface area (Å²) < 4.78 is 0. The Morgan fingerprint density at radius 2 is 1.68 bits per heavy atom. The molecule has 0 aromatic heterocycles. The Bertz CT molecular complexity index is 619. The maximum absolute atomic E-state index is 8.06. The van der Waals surface area contributed by atoms with Crippen LogP contribution in [0.5, 0.6) is 0 Å². The summed E-state index contributed by atoms with van der Waals surface area (Å²) in [4.78, 5) is 0. The standard InChI is InChI=1S/C15H11.C3H8O.2ClH.Ti/c1-2-6-12(5-1)15-10-9-13-7-3-4-8-14(13)11-15;1-3(2)4;;;/h1-5,7-10H,6H2;3-4H,1-2H3;2*1H;/q-1;;;;. The van der Waals surface area contributed by atoms with Crippen LogP contribution in [0.1, 0.15) is 25.8 Å². The van der Waals surface area contributed by atoms with E-state index in [1.165, 1.54) is 21.9 Å². The molecule has 0 bridgehead atoms. The zero-order valence-electron chi connectivity index (χ0n) is 12.7. The third-order valence-electron chi connectivity index (χ3n) is 2.78. The first-order valence-corrected chi connectivity index (χ1v) is 6.62. The molecule has 2 aromatic rings. The van der Waals surface area contributed by atoms with E-state index in [4.69, 9.17) is 5.11 Å². The summed E-state index contributed by atoms with van der Waals surface area (Å²) in [6, 6.07) is 16.1. The predicted octanol–water partition coefficient (Wildman–Crippen LogP) is 5.21. The first-order chi connectivity index (χ1) is 9.16. The molecule has 3 rings (SSSR count). The fourth-order valence-electron chi connectivity index (χ4n) is 1.95. The van der Waals surface area contributed by atoms with Gasteiger partial charge in [0.15, 0.2) is 0 Å². The molecule has 0 saturated carbocycles. The molecule has 0 spiro atoms. The summed E-state index contributed by atoms with van der Waals surface area (Å²) in [5.41, 5.74) is 2.58. The number of benzene rings is 2. The average Bonchev–Trinajstić information content (AvgIpc) is 2.91. The van der Waals surface area contributed by atoms with Crippen molar-refractivity contribution in [2.75, 3.05) is 0 Å². The van der Waals surface area contributed by atoms with E-state index in [2.05, 4.69) is 60.7 Å². The van der Waals surface area contributed by atoms with Crippen molar-refractivity contribution in [3.05, 3.63) is 66.3 Å². The minimum Gasteiger partial charge on any atom is -0.394 e. The molecule has 0 aliphatic heterocycles. The molecular formula is C18H21Cl2OTi-. The second-order valence-electron chi connectivity index (χ2n) is 4.88. The fourth-order valence-corrected chi connectivity index (χ4v) is 1.95. The topological polar surface area (TPSA) is 20.2 Å². The van der Waals surface area contributed by atoms with Crippen LogP contribution in [0.2, 0.25) is 0 Å². The monoisotopic (exact) mass is 371 g/mol. The van der Waals surface area contributed by atoms with E-state index in [0.29, 0.717) is 0 Å². The molecule has 0 saturated heterocycles. The van der Waals surface area contributed by atoms with Gasteiger partial charge in [-0.3, -0.25) is 0 Å². The van der Waals surface area contributed by atoms with E-state index in [1.54, 1.807) is 13.8 Å². The molecule has 0 atom stereocenters. The predicted molar refractivity (Wildman–Crippen MR) is 96.4 cm³/mol. The van der Waals surface area contributed by atoms with E-state index in [9.17, 15) is 0 Å². The van der Waals surface area contributed by atoms with Gasteiger partial charge in [0.25, 0.3) is 0 Å². The Labute approximate surface area is 160 Å². The Morgan fingerprint density at radius 3 is 2.27 bits per heavy atom. The SMILES string of the molecule is CC(C)O.Cl.Cl.[Ti].[c-]1c(C2=CC=CC2)ccc2ccccc12. The van der Waals surface area contributed by atoms with Crippen molar-refractivity contribution in [2.24, 2.45) is 0 Å². The van der Waals surface area contributed by atoms with Crippen LogP contribution >= 0.6 is 24.8 Å². The smallest absolute Gasteiger partial charge is 0.0483 e. The van der Waals surface area contributed by atoms with Gasteiger partial charge in [0.2, 0.25) is 0 Å². The van der Waals surface area contributed by atoms with Gasteiger partial charge in [0.05, 0.1) is 0 Å². The average molecular weight is 372 g/mol. The molecule has 1 aliphatic rings. The second kappa shape index (κ2) is 11.9. The van der Waals surface area contributed by atoms with Crippen molar-refractivity contribution in [3.8, 4) is 0 Å². The van der Waals surface area contributed by atoms with Gasteiger partial charge in [0, 0.05) is 27.8 Å². The molecule has 1 nitrogen and oxygen atoms in total. The van der Waals surface area contributed by atoms with Gasteiger partial charge in [-0.2, -0.15) is 0 Å². The number of rotatable bonds is 1. The first-order valence-electron chi connectivity index (χ1n) is 6.62. The van der Waals surface area contributed by atoms with Crippen LogP contribution in [-0.4, -0.2) is 11.2 Å².